The van der Waals surface area contributed by atoms with Gasteiger partial charge in [-0.1, -0.05) is 32.9 Å². The van der Waals surface area contributed by atoms with Crippen LogP contribution in [-0.2, 0) is 6.61 Å². The number of aliphatic hydroxyl groups excluding tert-OH is 1. The molecule has 0 fully saturated rings. The smallest absolute Gasteiger partial charge is 0.0681 e. The first-order chi connectivity index (χ1) is 7.01. The van der Waals surface area contributed by atoms with Crippen molar-refractivity contribution in [3.63, 3.8) is 0 Å². The van der Waals surface area contributed by atoms with Crippen molar-refractivity contribution >= 4 is 11.8 Å². The van der Waals surface area contributed by atoms with Gasteiger partial charge in [0.1, 0.15) is 0 Å². The van der Waals surface area contributed by atoms with Gasteiger partial charge < -0.3 is 5.11 Å². The van der Waals surface area contributed by atoms with Gasteiger partial charge in [0.15, 0.2) is 0 Å². The highest BCUT2D eigenvalue weighted by Crippen LogP contribution is 2.25. The van der Waals surface area contributed by atoms with Crippen molar-refractivity contribution in [2.45, 2.75) is 38.7 Å². The molecule has 0 aliphatic rings. The summed E-state index contributed by atoms with van der Waals surface area (Å²) in [5, 5.41) is 8.90. The highest BCUT2D eigenvalue weighted by atomic mass is 32.2. The third-order valence-electron chi connectivity index (χ3n) is 2.23. The van der Waals surface area contributed by atoms with Crippen LogP contribution in [0.15, 0.2) is 29.2 Å². The van der Waals surface area contributed by atoms with Crippen molar-refractivity contribution in [2.75, 3.05) is 5.75 Å². The first-order valence-electron chi connectivity index (χ1n) is 5.34. The maximum absolute atomic E-state index is 8.90. The van der Waals surface area contributed by atoms with Crippen LogP contribution in [0.2, 0.25) is 0 Å². The van der Waals surface area contributed by atoms with Crippen molar-refractivity contribution in [1.29, 1.82) is 0 Å². The lowest BCUT2D eigenvalue weighted by atomic mass is 9.94. The molecule has 0 heterocycles. The molecule has 0 bridgehead atoms. The lowest BCUT2D eigenvalue weighted by molar-refractivity contribution is 0.282. The van der Waals surface area contributed by atoms with E-state index >= 15 is 0 Å². The Morgan fingerprint density at radius 3 is 2.20 bits per heavy atom. The van der Waals surface area contributed by atoms with Crippen LogP contribution in [0.5, 0.6) is 0 Å². The summed E-state index contributed by atoms with van der Waals surface area (Å²) in [7, 11) is 0. The van der Waals surface area contributed by atoms with E-state index in [1.165, 1.54) is 11.3 Å². The minimum absolute atomic E-state index is 0.132. The Morgan fingerprint density at radius 1 is 1.13 bits per heavy atom. The topological polar surface area (TPSA) is 20.2 Å². The maximum Gasteiger partial charge on any atom is 0.0681 e. The molecule has 2 heteroatoms. The van der Waals surface area contributed by atoms with Crippen LogP contribution in [0.4, 0.5) is 0 Å². The molecule has 0 spiro atoms. The first-order valence-corrected chi connectivity index (χ1v) is 6.32. The van der Waals surface area contributed by atoms with Crippen molar-refractivity contribution < 1.29 is 5.11 Å². The van der Waals surface area contributed by atoms with Crippen LogP contribution in [0.3, 0.4) is 0 Å². The third-order valence-corrected chi connectivity index (χ3v) is 3.24. The van der Waals surface area contributed by atoms with Crippen molar-refractivity contribution in [3.05, 3.63) is 29.8 Å². The second-order valence-corrected chi connectivity index (χ2v) is 6.13. The molecule has 0 aliphatic heterocycles. The van der Waals surface area contributed by atoms with E-state index in [2.05, 4.69) is 32.9 Å². The van der Waals surface area contributed by atoms with Gasteiger partial charge in [-0.3, -0.25) is 0 Å². The molecule has 0 saturated heterocycles. The monoisotopic (exact) mass is 224 g/mol. The minimum atomic E-state index is 0.132. The molecular weight excluding hydrogens is 204 g/mol. The van der Waals surface area contributed by atoms with E-state index in [4.69, 9.17) is 5.11 Å². The van der Waals surface area contributed by atoms with Gasteiger partial charge in [-0.15, -0.1) is 11.8 Å². The Morgan fingerprint density at radius 2 is 1.73 bits per heavy atom. The van der Waals surface area contributed by atoms with E-state index in [-0.39, 0.29) is 6.61 Å². The van der Waals surface area contributed by atoms with Crippen LogP contribution >= 0.6 is 11.8 Å². The van der Waals surface area contributed by atoms with Crippen molar-refractivity contribution in [1.82, 2.24) is 0 Å². The largest absolute Gasteiger partial charge is 0.392 e. The number of aliphatic hydroxyl groups is 1. The molecule has 0 amide bonds. The lowest BCUT2D eigenvalue weighted by Gasteiger charge is -2.17. The Labute approximate surface area is 96.9 Å². The predicted molar refractivity (Wildman–Crippen MR) is 67.2 cm³/mol. The standard InChI is InChI=1S/C13H20OS/c1-13(2,3)8-9-15-12-6-4-11(10-14)5-7-12/h4-7,14H,8-10H2,1-3H3. The van der Waals surface area contributed by atoms with E-state index in [0.29, 0.717) is 5.41 Å². The molecule has 0 radical (unpaired) electrons. The van der Waals surface area contributed by atoms with E-state index in [0.717, 1.165) is 11.3 Å². The zero-order chi connectivity index (χ0) is 11.3. The first kappa shape index (κ1) is 12.6. The average molecular weight is 224 g/mol. The van der Waals surface area contributed by atoms with Crippen LogP contribution < -0.4 is 0 Å². The molecule has 15 heavy (non-hydrogen) atoms. The van der Waals surface area contributed by atoms with Crippen LogP contribution in [0.25, 0.3) is 0 Å². The van der Waals surface area contributed by atoms with Gasteiger partial charge in [0.25, 0.3) is 0 Å². The maximum atomic E-state index is 8.90. The molecule has 1 rings (SSSR count). The van der Waals surface area contributed by atoms with Gasteiger partial charge in [0.05, 0.1) is 6.61 Å². The Balaban J connectivity index is 2.38. The average Bonchev–Trinajstić information content (AvgIpc) is 2.17. The number of hydrogen-bond acceptors (Lipinski definition) is 2. The fourth-order valence-corrected chi connectivity index (χ4v) is 2.44. The molecule has 1 nitrogen and oxygen atoms in total. The molecule has 1 aromatic carbocycles. The summed E-state index contributed by atoms with van der Waals surface area (Å²) in [6.45, 7) is 6.93. The molecule has 0 aliphatic carbocycles. The number of benzene rings is 1. The van der Waals surface area contributed by atoms with Gasteiger partial charge >= 0.3 is 0 Å². The van der Waals surface area contributed by atoms with E-state index < -0.39 is 0 Å². The summed E-state index contributed by atoms with van der Waals surface area (Å²) in [5.74, 6) is 1.15. The van der Waals surface area contributed by atoms with Gasteiger partial charge in [0, 0.05) is 4.90 Å². The van der Waals surface area contributed by atoms with Crippen molar-refractivity contribution in [2.24, 2.45) is 5.41 Å². The molecule has 0 unspecified atom stereocenters. The summed E-state index contributed by atoms with van der Waals surface area (Å²) in [6.07, 6.45) is 1.22. The summed E-state index contributed by atoms with van der Waals surface area (Å²) in [4.78, 5) is 1.29. The molecule has 1 N–H and O–H groups in total. The molecular formula is C13H20OS. The minimum Gasteiger partial charge on any atom is -0.392 e. The zero-order valence-electron chi connectivity index (χ0n) is 9.79. The molecule has 1 aromatic rings. The Kier molecular flexibility index (Phi) is 4.68. The summed E-state index contributed by atoms with van der Waals surface area (Å²) in [5.41, 5.74) is 1.40. The predicted octanol–water partition coefficient (Wildman–Crippen LogP) is 3.71. The number of thioether (sulfide) groups is 1. The van der Waals surface area contributed by atoms with Gasteiger partial charge in [0.2, 0.25) is 0 Å². The quantitative estimate of drug-likeness (QED) is 0.787. The van der Waals surface area contributed by atoms with Gasteiger partial charge in [-0.25, -0.2) is 0 Å². The van der Waals surface area contributed by atoms with Gasteiger partial charge in [-0.05, 0) is 35.3 Å². The highest BCUT2D eigenvalue weighted by Gasteiger charge is 2.09. The lowest BCUT2D eigenvalue weighted by Crippen LogP contribution is -2.05. The molecule has 0 aromatic heterocycles. The summed E-state index contributed by atoms with van der Waals surface area (Å²) >= 11 is 1.88. The second-order valence-electron chi connectivity index (χ2n) is 4.96. The fraction of sp³-hybridized carbons (Fsp3) is 0.538. The molecule has 0 saturated carbocycles. The highest BCUT2D eigenvalue weighted by molar-refractivity contribution is 7.99. The van der Waals surface area contributed by atoms with Crippen LogP contribution in [0, 0.1) is 5.41 Å². The van der Waals surface area contributed by atoms with Crippen molar-refractivity contribution in [3.8, 4) is 0 Å². The number of rotatable bonds is 4. The van der Waals surface area contributed by atoms with Crippen LogP contribution in [-0.4, -0.2) is 10.9 Å². The Hall–Kier alpha value is -0.470. The summed E-state index contributed by atoms with van der Waals surface area (Å²) < 4.78 is 0. The Bertz CT molecular complexity index is 284. The van der Waals surface area contributed by atoms with E-state index in [1.807, 2.05) is 23.9 Å². The number of hydrogen-bond donors (Lipinski definition) is 1. The zero-order valence-corrected chi connectivity index (χ0v) is 10.6. The normalized spacial score (nSPS) is 11.7. The second kappa shape index (κ2) is 5.57. The summed E-state index contributed by atoms with van der Waals surface area (Å²) in [6, 6.07) is 8.14. The third kappa shape index (κ3) is 5.24. The van der Waals surface area contributed by atoms with E-state index in [9.17, 15) is 0 Å². The molecule has 84 valence electrons. The van der Waals surface area contributed by atoms with Crippen LogP contribution in [0.1, 0.15) is 32.8 Å². The van der Waals surface area contributed by atoms with Gasteiger partial charge in [-0.2, -0.15) is 0 Å². The fourth-order valence-electron chi connectivity index (χ4n) is 1.17. The van der Waals surface area contributed by atoms with E-state index in [1.54, 1.807) is 0 Å². The molecule has 0 atom stereocenters. The SMILES string of the molecule is CC(C)(C)CCSc1ccc(CO)cc1.